The van der Waals surface area contributed by atoms with E-state index in [2.05, 4.69) is 52.0 Å². The normalized spacial score (nSPS) is 17.5. The first-order valence-electron chi connectivity index (χ1n) is 7.24. The Kier molecular flexibility index (Phi) is 4.82. The Labute approximate surface area is 124 Å². The fraction of sp³-hybridized carbons (Fsp3) is 0.733. The molecular formula is C15H24BrN3. The number of hydrogen-bond acceptors (Lipinski definition) is 3. The average Bonchev–Trinajstić information content (AvgIpc) is 2.36. The maximum atomic E-state index is 4.64. The van der Waals surface area contributed by atoms with Crippen molar-refractivity contribution in [1.82, 2.24) is 9.97 Å². The van der Waals surface area contributed by atoms with Crippen LogP contribution in [0.3, 0.4) is 0 Å². The van der Waals surface area contributed by atoms with E-state index in [0.29, 0.717) is 0 Å². The first-order chi connectivity index (χ1) is 8.95. The molecule has 1 heterocycles. The summed E-state index contributed by atoms with van der Waals surface area (Å²) in [5.74, 6) is 2.63. The summed E-state index contributed by atoms with van der Waals surface area (Å²) in [6.07, 6.45) is 6.88. The number of anilines is 1. The molecule has 0 atom stereocenters. The predicted molar refractivity (Wildman–Crippen MR) is 83.5 cm³/mol. The molecule has 1 fully saturated rings. The van der Waals surface area contributed by atoms with Gasteiger partial charge in [-0.1, -0.05) is 40.0 Å². The zero-order valence-electron chi connectivity index (χ0n) is 12.2. The smallest absolute Gasteiger partial charge is 0.137 e. The van der Waals surface area contributed by atoms with Gasteiger partial charge >= 0.3 is 0 Å². The van der Waals surface area contributed by atoms with Crippen molar-refractivity contribution in [3.05, 3.63) is 16.5 Å². The molecule has 0 bridgehead atoms. The molecule has 1 aliphatic carbocycles. The second kappa shape index (κ2) is 6.21. The van der Waals surface area contributed by atoms with E-state index < -0.39 is 0 Å². The number of aromatic nitrogens is 2. The molecule has 1 aromatic rings. The summed E-state index contributed by atoms with van der Waals surface area (Å²) >= 11 is 3.48. The van der Waals surface area contributed by atoms with E-state index in [4.69, 9.17) is 0 Å². The molecular weight excluding hydrogens is 302 g/mol. The van der Waals surface area contributed by atoms with Crippen LogP contribution in [0.5, 0.6) is 0 Å². The van der Waals surface area contributed by atoms with E-state index in [1.165, 1.54) is 32.1 Å². The molecule has 19 heavy (non-hydrogen) atoms. The van der Waals surface area contributed by atoms with Gasteiger partial charge in [-0.25, -0.2) is 9.97 Å². The van der Waals surface area contributed by atoms with Gasteiger partial charge in [-0.3, -0.25) is 0 Å². The van der Waals surface area contributed by atoms with Crippen molar-refractivity contribution < 1.29 is 0 Å². The molecule has 3 nitrogen and oxygen atoms in total. The first kappa shape index (κ1) is 14.8. The minimum atomic E-state index is -0.0228. The molecule has 1 saturated carbocycles. The quantitative estimate of drug-likeness (QED) is 0.829. The second-order valence-corrected chi connectivity index (χ2v) is 7.35. The molecule has 0 aromatic carbocycles. The summed E-state index contributed by atoms with van der Waals surface area (Å²) in [7, 11) is 0. The average molecular weight is 326 g/mol. The molecule has 0 aliphatic heterocycles. The minimum Gasteiger partial charge on any atom is -0.370 e. The summed E-state index contributed by atoms with van der Waals surface area (Å²) in [6, 6.07) is 1.97. The fourth-order valence-corrected chi connectivity index (χ4v) is 2.87. The van der Waals surface area contributed by atoms with Gasteiger partial charge < -0.3 is 5.32 Å². The Morgan fingerprint density at radius 3 is 2.53 bits per heavy atom. The highest BCUT2D eigenvalue weighted by atomic mass is 79.9. The van der Waals surface area contributed by atoms with E-state index in [1.807, 2.05) is 6.07 Å². The van der Waals surface area contributed by atoms with E-state index in [-0.39, 0.29) is 5.41 Å². The summed E-state index contributed by atoms with van der Waals surface area (Å²) in [4.78, 5) is 9.10. The Bertz CT molecular complexity index is 420. The highest BCUT2D eigenvalue weighted by Crippen LogP contribution is 2.25. The lowest BCUT2D eigenvalue weighted by Gasteiger charge is -2.23. The number of nitrogens with one attached hydrogen (secondary N) is 1. The van der Waals surface area contributed by atoms with Crippen molar-refractivity contribution in [2.45, 2.75) is 58.3 Å². The van der Waals surface area contributed by atoms with E-state index in [1.54, 1.807) is 0 Å². The first-order valence-corrected chi connectivity index (χ1v) is 8.03. The molecule has 1 N–H and O–H groups in total. The van der Waals surface area contributed by atoms with Gasteiger partial charge in [0, 0.05) is 18.0 Å². The van der Waals surface area contributed by atoms with Gasteiger partial charge in [0.05, 0.1) is 0 Å². The molecule has 1 aromatic heterocycles. The number of rotatable bonds is 3. The molecule has 2 rings (SSSR count). The van der Waals surface area contributed by atoms with Crippen LogP contribution in [0.25, 0.3) is 0 Å². The van der Waals surface area contributed by atoms with Crippen molar-refractivity contribution in [2.24, 2.45) is 5.92 Å². The van der Waals surface area contributed by atoms with Gasteiger partial charge in [0.2, 0.25) is 0 Å². The molecule has 0 radical (unpaired) electrons. The van der Waals surface area contributed by atoms with Crippen LogP contribution in [-0.2, 0) is 5.41 Å². The van der Waals surface area contributed by atoms with Crippen molar-refractivity contribution in [3.8, 4) is 0 Å². The third-order valence-electron chi connectivity index (χ3n) is 3.66. The zero-order valence-corrected chi connectivity index (χ0v) is 13.8. The van der Waals surface area contributed by atoms with Gasteiger partial charge in [-0.2, -0.15) is 0 Å². The van der Waals surface area contributed by atoms with E-state index >= 15 is 0 Å². The topological polar surface area (TPSA) is 37.8 Å². The van der Waals surface area contributed by atoms with Crippen molar-refractivity contribution >= 4 is 21.7 Å². The van der Waals surface area contributed by atoms with Crippen molar-refractivity contribution in [2.75, 3.05) is 11.9 Å². The fourth-order valence-electron chi connectivity index (χ4n) is 2.48. The molecule has 0 unspecified atom stereocenters. The molecule has 0 saturated heterocycles. The number of hydrogen-bond donors (Lipinski definition) is 1. The largest absolute Gasteiger partial charge is 0.370 e. The Morgan fingerprint density at radius 2 is 1.89 bits per heavy atom. The van der Waals surface area contributed by atoms with E-state index in [9.17, 15) is 0 Å². The van der Waals surface area contributed by atoms with E-state index in [0.717, 1.165) is 28.7 Å². The summed E-state index contributed by atoms with van der Waals surface area (Å²) in [5, 5.41) is 3.49. The van der Waals surface area contributed by atoms with Crippen LogP contribution >= 0.6 is 15.9 Å². The predicted octanol–water partition coefficient (Wildman–Crippen LogP) is 4.53. The van der Waals surface area contributed by atoms with Crippen LogP contribution in [0.15, 0.2) is 10.7 Å². The Morgan fingerprint density at radius 1 is 1.21 bits per heavy atom. The molecule has 4 heteroatoms. The van der Waals surface area contributed by atoms with Crippen molar-refractivity contribution in [3.63, 3.8) is 0 Å². The SMILES string of the molecule is CC(C)(C)c1nc(Br)cc(NCC2CCCCC2)n1. The van der Waals surface area contributed by atoms with Crippen LogP contribution < -0.4 is 5.32 Å². The third kappa shape index (κ3) is 4.44. The highest BCUT2D eigenvalue weighted by molar-refractivity contribution is 9.10. The monoisotopic (exact) mass is 325 g/mol. The maximum Gasteiger partial charge on any atom is 0.137 e. The second-order valence-electron chi connectivity index (χ2n) is 6.53. The van der Waals surface area contributed by atoms with Gasteiger partial charge in [0.1, 0.15) is 16.2 Å². The number of halogens is 1. The molecule has 0 spiro atoms. The lowest BCUT2D eigenvalue weighted by atomic mass is 9.89. The summed E-state index contributed by atoms with van der Waals surface area (Å²) in [5.41, 5.74) is -0.0228. The van der Waals surface area contributed by atoms with Crippen LogP contribution in [0, 0.1) is 5.92 Å². The number of nitrogens with zero attached hydrogens (tertiary/aromatic N) is 2. The lowest BCUT2D eigenvalue weighted by molar-refractivity contribution is 0.373. The van der Waals surface area contributed by atoms with Gasteiger partial charge in [-0.05, 0) is 34.7 Å². The van der Waals surface area contributed by atoms with Crippen LogP contribution in [0.4, 0.5) is 5.82 Å². The zero-order chi connectivity index (χ0) is 13.9. The maximum absolute atomic E-state index is 4.64. The molecule has 106 valence electrons. The highest BCUT2D eigenvalue weighted by Gasteiger charge is 2.19. The van der Waals surface area contributed by atoms with Gasteiger partial charge in [0.15, 0.2) is 0 Å². The summed E-state index contributed by atoms with van der Waals surface area (Å²) in [6.45, 7) is 7.45. The Balaban J connectivity index is 2.01. The van der Waals surface area contributed by atoms with Crippen LogP contribution in [0.1, 0.15) is 58.7 Å². The van der Waals surface area contributed by atoms with Gasteiger partial charge in [-0.15, -0.1) is 0 Å². The van der Waals surface area contributed by atoms with Crippen LogP contribution in [0.2, 0.25) is 0 Å². The summed E-state index contributed by atoms with van der Waals surface area (Å²) < 4.78 is 0.860. The standard InChI is InChI=1S/C15H24BrN3/c1-15(2,3)14-18-12(16)9-13(19-14)17-10-11-7-5-4-6-8-11/h9,11H,4-8,10H2,1-3H3,(H,17,18,19). The lowest BCUT2D eigenvalue weighted by Crippen LogP contribution is -2.20. The van der Waals surface area contributed by atoms with Gasteiger partial charge in [0.25, 0.3) is 0 Å². The third-order valence-corrected chi connectivity index (χ3v) is 4.07. The van der Waals surface area contributed by atoms with Crippen LogP contribution in [-0.4, -0.2) is 16.5 Å². The van der Waals surface area contributed by atoms with Crippen molar-refractivity contribution in [1.29, 1.82) is 0 Å². The molecule has 0 amide bonds. The Hall–Kier alpha value is -0.640. The minimum absolute atomic E-state index is 0.0228. The molecule has 1 aliphatic rings.